The van der Waals surface area contributed by atoms with E-state index in [9.17, 15) is 0 Å². The molecule has 0 N–H and O–H groups in total. The van der Waals surface area contributed by atoms with Crippen LogP contribution in [0.4, 0.5) is 0 Å². The summed E-state index contributed by atoms with van der Waals surface area (Å²) in [6.07, 6.45) is 6.79. The minimum absolute atomic E-state index is 0.514. The fourth-order valence-electron chi connectivity index (χ4n) is 3.10. The van der Waals surface area contributed by atoms with Crippen LogP contribution in [-0.4, -0.2) is 23.5 Å². The maximum atomic E-state index is 3.47. The van der Waals surface area contributed by atoms with Crippen molar-refractivity contribution in [2.45, 2.75) is 44.2 Å². The Morgan fingerprint density at radius 2 is 1.88 bits per heavy atom. The lowest BCUT2D eigenvalue weighted by molar-refractivity contribution is 0.173. The molecule has 0 aliphatic carbocycles. The Hall–Kier alpha value is -1.26. The summed E-state index contributed by atoms with van der Waals surface area (Å²) in [6, 6.07) is 11.7. The van der Waals surface area contributed by atoms with Gasteiger partial charge in [-0.3, -0.25) is 4.90 Å². The van der Waals surface area contributed by atoms with Crippen LogP contribution in [0.3, 0.4) is 0 Å². The number of nitrogens with zero attached hydrogens (tertiary/aromatic N) is 1. The Bertz CT molecular complexity index is 426. The third-order valence-corrected chi connectivity index (χ3v) is 4.00. The molecule has 0 amide bonds. The highest BCUT2D eigenvalue weighted by Gasteiger charge is 2.33. The molecule has 1 heteroatoms. The van der Waals surface area contributed by atoms with Crippen LogP contribution >= 0.6 is 0 Å². The van der Waals surface area contributed by atoms with Crippen molar-refractivity contribution < 1.29 is 0 Å². The monoisotopic (exact) mass is 225 g/mol. The number of hydrogen-bond donors (Lipinski definition) is 0. The summed E-state index contributed by atoms with van der Waals surface area (Å²) in [4.78, 5) is 2.64. The van der Waals surface area contributed by atoms with E-state index < -0.39 is 0 Å². The normalized spacial score (nSPS) is 28.2. The van der Waals surface area contributed by atoms with Crippen molar-refractivity contribution in [3.05, 3.63) is 35.9 Å². The molecular formula is C16H19N. The molecule has 2 saturated heterocycles. The van der Waals surface area contributed by atoms with Crippen molar-refractivity contribution in [2.24, 2.45) is 0 Å². The molecule has 0 bridgehead atoms. The fraction of sp³-hybridized carbons (Fsp3) is 0.500. The van der Waals surface area contributed by atoms with Crippen LogP contribution in [-0.2, 0) is 0 Å². The number of piperidine rings is 1. The minimum Gasteiger partial charge on any atom is -0.287 e. The van der Waals surface area contributed by atoms with Gasteiger partial charge in [0.05, 0.1) is 6.04 Å². The van der Waals surface area contributed by atoms with Crippen LogP contribution in [0.1, 0.15) is 37.7 Å². The van der Waals surface area contributed by atoms with Gasteiger partial charge in [0.1, 0.15) is 0 Å². The van der Waals surface area contributed by atoms with Crippen LogP contribution in [0.5, 0.6) is 0 Å². The molecule has 0 spiro atoms. The second-order valence-electron chi connectivity index (χ2n) is 5.12. The lowest BCUT2D eigenvalue weighted by atomic mass is 10.0. The van der Waals surface area contributed by atoms with Crippen molar-refractivity contribution in [1.82, 2.24) is 4.90 Å². The van der Waals surface area contributed by atoms with Gasteiger partial charge in [-0.15, -0.1) is 0 Å². The molecule has 2 aliphatic rings. The molecule has 0 radical (unpaired) electrons. The summed E-state index contributed by atoms with van der Waals surface area (Å²) in [5, 5.41) is 0. The standard InChI is InChI=1S/C16H19N/c1-2-6-14(7-3-1)9-10-16-12-11-15-8-4-5-13-17(15)16/h1-3,6-7,15-16H,4-5,8,11-13H2/t15-,16+/m1/s1. The van der Waals surface area contributed by atoms with Gasteiger partial charge in [0.2, 0.25) is 0 Å². The van der Waals surface area contributed by atoms with E-state index in [0.717, 1.165) is 11.6 Å². The average molecular weight is 225 g/mol. The van der Waals surface area contributed by atoms with Crippen molar-refractivity contribution in [1.29, 1.82) is 0 Å². The van der Waals surface area contributed by atoms with E-state index in [2.05, 4.69) is 41.0 Å². The first-order chi connectivity index (χ1) is 8.43. The second-order valence-corrected chi connectivity index (χ2v) is 5.12. The molecule has 3 rings (SSSR count). The SMILES string of the molecule is C(#C[C@H]1CC[C@H]2CCCCN21)c1ccccc1. The number of fused-ring (bicyclic) bond motifs is 1. The Morgan fingerprint density at radius 1 is 1.00 bits per heavy atom. The van der Waals surface area contributed by atoms with Crippen LogP contribution in [0.15, 0.2) is 30.3 Å². The highest BCUT2D eigenvalue weighted by atomic mass is 15.2. The van der Waals surface area contributed by atoms with Gasteiger partial charge < -0.3 is 0 Å². The molecule has 0 aromatic heterocycles. The zero-order chi connectivity index (χ0) is 11.5. The van der Waals surface area contributed by atoms with E-state index in [1.54, 1.807) is 0 Å². The van der Waals surface area contributed by atoms with Gasteiger partial charge in [-0.2, -0.15) is 0 Å². The maximum absolute atomic E-state index is 3.47. The summed E-state index contributed by atoms with van der Waals surface area (Å²) in [6.45, 7) is 1.26. The van der Waals surface area contributed by atoms with Crippen LogP contribution in [0, 0.1) is 11.8 Å². The number of benzene rings is 1. The molecule has 0 saturated carbocycles. The van der Waals surface area contributed by atoms with E-state index in [-0.39, 0.29) is 0 Å². The molecule has 1 aromatic rings. The molecular weight excluding hydrogens is 206 g/mol. The predicted octanol–water partition coefficient (Wildman–Crippen LogP) is 3.06. The van der Waals surface area contributed by atoms with Crippen molar-refractivity contribution in [3.8, 4) is 11.8 Å². The van der Waals surface area contributed by atoms with Gasteiger partial charge in [-0.1, -0.05) is 36.5 Å². The summed E-state index contributed by atoms with van der Waals surface area (Å²) >= 11 is 0. The third kappa shape index (κ3) is 2.37. The zero-order valence-electron chi connectivity index (χ0n) is 10.2. The Balaban J connectivity index is 1.72. The van der Waals surface area contributed by atoms with E-state index >= 15 is 0 Å². The van der Waals surface area contributed by atoms with Crippen molar-refractivity contribution >= 4 is 0 Å². The topological polar surface area (TPSA) is 3.24 Å². The Kier molecular flexibility index (Phi) is 3.16. The van der Waals surface area contributed by atoms with Gasteiger partial charge in [0, 0.05) is 11.6 Å². The first-order valence-corrected chi connectivity index (χ1v) is 6.76. The summed E-state index contributed by atoms with van der Waals surface area (Å²) < 4.78 is 0. The smallest absolute Gasteiger partial charge is 0.0721 e. The molecule has 1 aromatic carbocycles. The highest BCUT2D eigenvalue weighted by Crippen LogP contribution is 2.30. The molecule has 2 atom stereocenters. The van der Waals surface area contributed by atoms with Gasteiger partial charge in [0.15, 0.2) is 0 Å². The first kappa shape index (κ1) is 10.9. The van der Waals surface area contributed by atoms with Crippen molar-refractivity contribution in [2.75, 3.05) is 6.54 Å². The zero-order valence-corrected chi connectivity index (χ0v) is 10.2. The quantitative estimate of drug-likeness (QED) is 0.613. The van der Waals surface area contributed by atoms with E-state index in [0.29, 0.717) is 6.04 Å². The second kappa shape index (κ2) is 4.94. The molecule has 88 valence electrons. The Labute approximate surface area is 104 Å². The van der Waals surface area contributed by atoms with Crippen LogP contribution in [0.2, 0.25) is 0 Å². The third-order valence-electron chi connectivity index (χ3n) is 4.00. The van der Waals surface area contributed by atoms with Crippen LogP contribution < -0.4 is 0 Å². The largest absolute Gasteiger partial charge is 0.287 e. The van der Waals surface area contributed by atoms with Gasteiger partial charge in [-0.25, -0.2) is 0 Å². The lowest BCUT2D eigenvalue weighted by Crippen LogP contribution is -2.39. The summed E-state index contributed by atoms with van der Waals surface area (Å²) in [5.74, 6) is 6.80. The molecule has 2 heterocycles. The highest BCUT2D eigenvalue weighted by molar-refractivity contribution is 5.35. The number of rotatable bonds is 0. The molecule has 2 aliphatic heterocycles. The fourth-order valence-corrected chi connectivity index (χ4v) is 3.10. The molecule has 2 fully saturated rings. The van der Waals surface area contributed by atoms with Gasteiger partial charge in [-0.05, 0) is 44.4 Å². The Morgan fingerprint density at radius 3 is 2.76 bits per heavy atom. The molecule has 0 unspecified atom stereocenters. The van der Waals surface area contributed by atoms with Crippen molar-refractivity contribution in [3.63, 3.8) is 0 Å². The van der Waals surface area contributed by atoms with E-state index in [4.69, 9.17) is 0 Å². The average Bonchev–Trinajstić information content (AvgIpc) is 2.81. The molecule has 17 heavy (non-hydrogen) atoms. The van der Waals surface area contributed by atoms with E-state index in [1.165, 1.54) is 38.6 Å². The first-order valence-electron chi connectivity index (χ1n) is 6.76. The number of hydrogen-bond acceptors (Lipinski definition) is 1. The summed E-state index contributed by atoms with van der Waals surface area (Å²) in [7, 11) is 0. The lowest BCUT2D eigenvalue weighted by Gasteiger charge is -2.31. The predicted molar refractivity (Wildman–Crippen MR) is 70.7 cm³/mol. The summed E-state index contributed by atoms with van der Waals surface area (Å²) in [5.41, 5.74) is 1.15. The molecule has 1 nitrogen and oxygen atoms in total. The minimum atomic E-state index is 0.514. The van der Waals surface area contributed by atoms with Gasteiger partial charge >= 0.3 is 0 Å². The van der Waals surface area contributed by atoms with Gasteiger partial charge in [0.25, 0.3) is 0 Å². The van der Waals surface area contributed by atoms with E-state index in [1.807, 2.05) is 6.07 Å². The maximum Gasteiger partial charge on any atom is 0.0721 e. The van der Waals surface area contributed by atoms with Crippen LogP contribution in [0.25, 0.3) is 0 Å².